The first-order valence-electron chi connectivity index (χ1n) is 5.82. The van der Waals surface area contributed by atoms with Crippen molar-refractivity contribution in [3.63, 3.8) is 0 Å². The van der Waals surface area contributed by atoms with Crippen molar-refractivity contribution in [2.45, 2.75) is 24.9 Å². The van der Waals surface area contributed by atoms with Crippen molar-refractivity contribution < 1.29 is 29.3 Å². The lowest BCUT2D eigenvalue weighted by molar-refractivity contribution is -0.153. The van der Waals surface area contributed by atoms with E-state index in [-0.39, 0.29) is 18.9 Å². The Bertz CT molecular complexity index is 504. The van der Waals surface area contributed by atoms with E-state index in [1.165, 1.54) is 11.0 Å². The fourth-order valence-electron chi connectivity index (χ4n) is 1.77. The number of rotatable bonds is 5. The number of carbonyl (C=O) groups excluding carboxylic acids is 2. The van der Waals surface area contributed by atoms with E-state index in [1.54, 1.807) is 0 Å². The van der Waals surface area contributed by atoms with Gasteiger partial charge in [-0.2, -0.15) is 0 Å². The van der Waals surface area contributed by atoms with E-state index in [4.69, 9.17) is 15.6 Å². The van der Waals surface area contributed by atoms with Gasteiger partial charge >= 0.3 is 5.97 Å². The Labute approximate surface area is 113 Å². The number of ether oxygens (including phenoxy) is 2. The summed E-state index contributed by atoms with van der Waals surface area (Å²) < 4.78 is 11.4. The zero-order chi connectivity index (χ0) is 14.7. The minimum atomic E-state index is -0.868. The third-order valence-corrected chi connectivity index (χ3v) is 2.77. The lowest BCUT2D eigenvalue weighted by atomic mass is 10.2. The number of nitrogens with zero attached hydrogens (tertiary/aromatic N) is 3. The first kappa shape index (κ1) is 14.4. The fourth-order valence-corrected chi connectivity index (χ4v) is 1.77. The molecule has 3 atom stereocenters. The van der Waals surface area contributed by atoms with Crippen molar-refractivity contribution in [1.29, 1.82) is 0 Å². The standard InChI is InChI=1S/C10H14N4O6/c11-9(18)10-12-4-14(13-10)7-1-5(16)6(20-7)3-19-8(17)2-15/h4-7,15-16H,1-3H2,(H2,11,18)/t5-,6+,7+/m0/s1. The predicted molar refractivity (Wildman–Crippen MR) is 61.1 cm³/mol. The maximum atomic E-state index is 10.9. The molecule has 1 aromatic rings. The summed E-state index contributed by atoms with van der Waals surface area (Å²) in [6.07, 6.45) is -0.782. The van der Waals surface area contributed by atoms with Crippen LogP contribution in [0.4, 0.5) is 0 Å². The topological polar surface area (TPSA) is 150 Å². The Morgan fingerprint density at radius 3 is 2.95 bits per heavy atom. The molecule has 0 aliphatic carbocycles. The van der Waals surface area contributed by atoms with Crippen LogP contribution in [0.3, 0.4) is 0 Å². The minimum Gasteiger partial charge on any atom is -0.461 e. The number of carbonyl (C=O) groups is 2. The molecule has 20 heavy (non-hydrogen) atoms. The second-order valence-corrected chi connectivity index (χ2v) is 4.19. The first-order chi connectivity index (χ1) is 9.51. The minimum absolute atomic E-state index is 0.154. The number of aliphatic hydroxyl groups excluding tert-OH is 2. The second kappa shape index (κ2) is 5.94. The third kappa shape index (κ3) is 3.10. The SMILES string of the molecule is NC(=O)c1ncn([C@H]2C[C@H](O)[C@@H](COC(=O)CO)O2)n1. The van der Waals surface area contributed by atoms with Gasteiger partial charge in [-0.25, -0.2) is 14.5 Å². The number of primary amides is 1. The van der Waals surface area contributed by atoms with Gasteiger partial charge in [0.25, 0.3) is 5.91 Å². The Morgan fingerprint density at radius 2 is 2.35 bits per heavy atom. The van der Waals surface area contributed by atoms with Crippen LogP contribution < -0.4 is 5.73 Å². The molecular formula is C10H14N4O6. The molecule has 0 bridgehead atoms. The van der Waals surface area contributed by atoms with E-state index in [0.29, 0.717) is 0 Å². The third-order valence-electron chi connectivity index (χ3n) is 2.77. The van der Waals surface area contributed by atoms with Gasteiger partial charge in [0, 0.05) is 6.42 Å². The largest absolute Gasteiger partial charge is 0.461 e. The van der Waals surface area contributed by atoms with Gasteiger partial charge in [-0.05, 0) is 0 Å². The first-order valence-corrected chi connectivity index (χ1v) is 5.82. The number of hydrogen-bond acceptors (Lipinski definition) is 8. The summed E-state index contributed by atoms with van der Waals surface area (Å²) in [5, 5.41) is 22.1. The Hall–Kier alpha value is -2.04. The van der Waals surface area contributed by atoms with Crippen molar-refractivity contribution >= 4 is 11.9 Å². The maximum Gasteiger partial charge on any atom is 0.331 e. The monoisotopic (exact) mass is 286 g/mol. The van der Waals surface area contributed by atoms with Crippen molar-refractivity contribution in [1.82, 2.24) is 14.8 Å². The van der Waals surface area contributed by atoms with Crippen LogP contribution in [0, 0.1) is 0 Å². The zero-order valence-electron chi connectivity index (χ0n) is 10.4. The Kier molecular flexibility index (Phi) is 4.27. The van der Waals surface area contributed by atoms with E-state index in [1.807, 2.05) is 0 Å². The Morgan fingerprint density at radius 1 is 1.60 bits per heavy atom. The highest BCUT2D eigenvalue weighted by molar-refractivity contribution is 5.88. The van der Waals surface area contributed by atoms with E-state index >= 15 is 0 Å². The summed E-state index contributed by atoms with van der Waals surface area (Å²) in [6.45, 7) is -0.925. The quantitative estimate of drug-likeness (QED) is 0.505. The van der Waals surface area contributed by atoms with Gasteiger partial charge in [0.05, 0.1) is 6.10 Å². The molecule has 1 aromatic heterocycles. The molecular weight excluding hydrogens is 272 g/mol. The summed E-state index contributed by atoms with van der Waals surface area (Å²) in [5.41, 5.74) is 5.03. The predicted octanol–water partition coefficient (Wildman–Crippen LogP) is -2.44. The number of aliphatic hydroxyl groups is 2. The molecule has 1 aliphatic rings. The average Bonchev–Trinajstić information content (AvgIpc) is 3.02. The lowest BCUT2D eigenvalue weighted by Crippen LogP contribution is -2.28. The van der Waals surface area contributed by atoms with Crippen molar-refractivity contribution in [2.24, 2.45) is 5.73 Å². The molecule has 0 aromatic carbocycles. The molecule has 2 rings (SSSR count). The van der Waals surface area contributed by atoms with Crippen LogP contribution in [0.25, 0.3) is 0 Å². The smallest absolute Gasteiger partial charge is 0.331 e. The summed E-state index contributed by atoms with van der Waals surface area (Å²) in [6, 6.07) is 0. The molecule has 2 heterocycles. The molecule has 0 saturated carbocycles. The van der Waals surface area contributed by atoms with E-state index in [9.17, 15) is 14.7 Å². The van der Waals surface area contributed by atoms with Crippen molar-refractivity contribution in [3.8, 4) is 0 Å². The van der Waals surface area contributed by atoms with Crippen LogP contribution in [0.15, 0.2) is 6.33 Å². The van der Waals surface area contributed by atoms with E-state index in [2.05, 4.69) is 14.8 Å². The van der Waals surface area contributed by atoms with Crippen LogP contribution in [0.1, 0.15) is 23.3 Å². The average molecular weight is 286 g/mol. The molecule has 1 saturated heterocycles. The van der Waals surface area contributed by atoms with Gasteiger partial charge in [-0.1, -0.05) is 0 Å². The second-order valence-electron chi connectivity index (χ2n) is 4.19. The van der Waals surface area contributed by atoms with Crippen LogP contribution in [0.5, 0.6) is 0 Å². The van der Waals surface area contributed by atoms with E-state index in [0.717, 1.165) is 0 Å². The molecule has 0 radical (unpaired) electrons. The molecule has 1 aliphatic heterocycles. The molecule has 1 amide bonds. The number of hydrogen-bond donors (Lipinski definition) is 3. The molecule has 10 heteroatoms. The zero-order valence-corrected chi connectivity index (χ0v) is 10.4. The highest BCUT2D eigenvalue weighted by Crippen LogP contribution is 2.28. The van der Waals surface area contributed by atoms with Gasteiger partial charge in [-0.3, -0.25) is 4.79 Å². The number of esters is 1. The van der Waals surface area contributed by atoms with Gasteiger partial charge < -0.3 is 25.4 Å². The number of amides is 1. The summed E-state index contributed by atoms with van der Waals surface area (Å²) in [4.78, 5) is 25.4. The summed E-state index contributed by atoms with van der Waals surface area (Å²) in [7, 11) is 0. The van der Waals surface area contributed by atoms with Crippen LogP contribution in [-0.2, 0) is 14.3 Å². The number of nitrogens with two attached hydrogens (primary N) is 1. The summed E-state index contributed by atoms with van der Waals surface area (Å²) in [5.74, 6) is -1.73. The normalized spacial score (nSPS) is 25.6. The van der Waals surface area contributed by atoms with Gasteiger partial charge in [0.15, 0.2) is 6.23 Å². The molecule has 110 valence electrons. The van der Waals surface area contributed by atoms with Gasteiger partial charge in [0.2, 0.25) is 5.82 Å². The van der Waals surface area contributed by atoms with Crippen molar-refractivity contribution in [2.75, 3.05) is 13.2 Å². The van der Waals surface area contributed by atoms with Crippen LogP contribution in [-0.4, -0.2) is 62.3 Å². The summed E-state index contributed by atoms with van der Waals surface area (Å²) >= 11 is 0. The Balaban J connectivity index is 1.95. The molecule has 1 fully saturated rings. The van der Waals surface area contributed by atoms with Crippen LogP contribution >= 0.6 is 0 Å². The molecule has 0 spiro atoms. The highest BCUT2D eigenvalue weighted by Gasteiger charge is 2.36. The van der Waals surface area contributed by atoms with Gasteiger partial charge in [-0.15, -0.1) is 5.10 Å². The fraction of sp³-hybridized carbons (Fsp3) is 0.600. The van der Waals surface area contributed by atoms with Crippen molar-refractivity contribution in [3.05, 3.63) is 12.2 Å². The molecule has 0 unspecified atom stereocenters. The highest BCUT2D eigenvalue weighted by atomic mass is 16.6. The van der Waals surface area contributed by atoms with Gasteiger partial charge in [0.1, 0.15) is 25.6 Å². The maximum absolute atomic E-state index is 10.9. The molecule has 4 N–H and O–H groups in total. The number of aromatic nitrogens is 3. The van der Waals surface area contributed by atoms with E-state index < -0.39 is 36.9 Å². The lowest BCUT2D eigenvalue weighted by Gasteiger charge is -2.14. The van der Waals surface area contributed by atoms with Crippen LogP contribution in [0.2, 0.25) is 0 Å². The molecule has 10 nitrogen and oxygen atoms in total.